The summed E-state index contributed by atoms with van der Waals surface area (Å²) in [6.07, 6.45) is 1.88. The van der Waals surface area contributed by atoms with E-state index in [2.05, 4.69) is 4.99 Å². The van der Waals surface area contributed by atoms with E-state index in [1.165, 1.54) is 12.1 Å². The fourth-order valence-corrected chi connectivity index (χ4v) is 2.37. The lowest BCUT2D eigenvalue weighted by molar-refractivity contribution is -0.130. The molecule has 0 amide bonds. The van der Waals surface area contributed by atoms with Crippen molar-refractivity contribution in [1.82, 2.24) is 0 Å². The smallest absolute Gasteiger partial charge is 0.363 e. The number of benzene rings is 2. The number of rotatable bonds is 3. The number of ether oxygens (including phenoxy) is 1. The Labute approximate surface area is 142 Å². The van der Waals surface area contributed by atoms with Gasteiger partial charge < -0.3 is 4.74 Å². The first-order valence-corrected chi connectivity index (χ1v) is 7.48. The van der Waals surface area contributed by atoms with Crippen molar-refractivity contribution in [3.8, 4) is 0 Å². The number of esters is 1. The summed E-state index contributed by atoms with van der Waals surface area (Å²) in [6.45, 7) is 0. The van der Waals surface area contributed by atoms with E-state index < -0.39 is 5.97 Å². The molecule has 0 aromatic heterocycles. The maximum absolute atomic E-state index is 12.9. The van der Waals surface area contributed by atoms with Gasteiger partial charge in [0, 0.05) is 6.42 Å². The third-order valence-electron chi connectivity index (χ3n) is 3.18. The molecule has 3 nitrogen and oxygen atoms in total. The normalized spacial score (nSPS) is 15.7. The molecule has 6 heteroatoms. The fourth-order valence-electron chi connectivity index (χ4n) is 2.07. The van der Waals surface area contributed by atoms with Crippen LogP contribution in [0.3, 0.4) is 0 Å². The number of cyclic esters (lactones) is 1. The van der Waals surface area contributed by atoms with Gasteiger partial charge in [-0.05, 0) is 41.5 Å². The molecule has 1 heterocycles. The summed E-state index contributed by atoms with van der Waals surface area (Å²) < 4.78 is 18.0. The van der Waals surface area contributed by atoms with Crippen LogP contribution in [0.25, 0.3) is 6.08 Å². The largest absolute Gasteiger partial charge is 0.406 e. The molecule has 0 unspecified atom stereocenters. The average molecular weight is 350 g/mol. The van der Waals surface area contributed by atoms with Crippen LogP contribution in [-0.2, 0) is 16.0 Å². The van der Waals surface area contributed by atoms with E-state index >= 15 is 0 Å². The van der Waals surface area contributed by atoms with Crippen LogP contribution in [0.2, 0.25) is 10.0 Å². The van der Waals surface area contributed by atoms with Gasteiger partial charge in [-0.1, -0.05) is 41.4 Å². The predicted octanol–water partition coefficient (Wildman–Crippen LogP) is 4.67. The summed E-state index contributed by atoms with van der Waals surface area (Å²) in [5.74, 6) is -0.583. The van der Waals surface area contributed by atoms with Crippen LogP contribution in [0.1, 0.15) is 11.1 Å². The molecule has 0 spiro atoms. The van der Waals surface area contributed by atoms with Gasteiger partial charge in [0.25, 0.3) is 0 Å². The lowest BCUT2D eigenvalue weighted by atomic mass is 10.1. The molecule has 3 rings (SSSR count). The predicted molar refractivity (Wildman–Crippen MR) is 88.1 cm³/mol. The zero-order valence-electron chi connectivity index (χ0n) is 11.7. The SMILES string of the molecule is O=C1OC(Cc2ccc(F)cc2)=N/C1=C/c1ccc(Cl)c(Cl)c1. The van der Waals surface area contributed by atoms with Crippen molar-refractivity contribution in [3.05, 3.63) is 75.2 Å². The molecule has 2 aromatic rings. The second-order valence-corrected chi connectivity index (χ2v) is 5.72. The van der Waals surface area contributed by atoms with Crippen LogP contribution in [0.5, 0.6) is 0 Å². The number of hydrogen-bond donors (Lipinski definition) is 0. The van der Waals surface area contributed by atoms with Crippen LogP contribution < -0.4 is 0 Å². The standard InChI is InChI=1S/C17H10Cl2FNO2/c18-13-6-3-11(7-14(13)19)8-15-17(22)23-16(21-15)9-10-1-4-12(20)5-2-10/h1-8H,9H2/b15-8+. The summed E-state index contributed by atoms with van der Waals surface area (Å²) in [7, 11) is 0. The summed E-state index contributed by atoms with van der Waals surface area (Å²) in [6, 6.07) is 10.9. The van der Waals surface area contributed by atoms with Crippen LogP contribution in [0.15, 0.2) is 53.2 Å². The van der Waals surface area contributed by atoms with Crippen molar-refractivity contribution in [2.24, 2.45) is 4.99 Å². The first kappa shape index (κ1) is 15.7. The van der Waals surface area contributed by atoms with Gasteiger partial charge in [0.05, 0.1) is 10.0 Å². The minimum absolute atomic E-state index is 0.181. The van der Waals surface area contributed by atoms with Gasteiger partial charge in [0.15, 0.2) is 5.70 Å². The molecule has 0 fully saturated rings. The van der Waals surface area contributed by atoms with Gasteiger partial charge in [-0.25, -0.2) is 14.2 Å². The molecular weight excluding hydrogens is 340 g/mol. The van der Waals surface area contributed by atoms with Gasteiger partial charge in [-0.15, -0.1) is 0 Å². The topological polar surface area (TPSA) is 38.7 Å². The van der Waals surface area contributed by atoms with Crippen LogP contribution in [-0.4, -0.2) is 11.9 Å². The number of halogens is 3. The number of nitrogens with zero attached hydrogens (tertiary/aromatic N) is 1. The molecular formula is C17H10Cl2FNO2. The highest BCUT2D eigenvalue weighted by molar-refractivity contribution is 6.42. The van der Waals surface area contributed by atoms with E-state index in [9.17, 15) is 9.18 Å². The van der Waals surface area contributed by atoms with Crippen molar-refractivity contribution in [3.63, 3.8) is 0 Å². The summed E-state index contributed by atoms with van der Waals surface area (Å²) >= 11 is 11.8. The Kier molecular flexibility index (Phi) is 4.46. The highest BCUT2D eigenvalue weighted by Crippen LogP contribution is 2.25. The lowest BCUT2D eigenvalue weighted by Crippen LogP contribution is -2.06. The maximum atomic E-state index is 12.9. The van der Waals surface area contributed by atoms with Crippen molar-refractivity contribution in [2.45, 2.75) is 6.42 Å². The Balaban J connectivity index is 1.81. The van der Waals surface area contributed by atoms with E-state index in [4.69, 9.17) is 27.9 Å². The highest BCUT2D eigenvalue weighted by atomic mass is 35.5. The zero-order valence-corrected chi connectivity index (χ0v) is 13.2. The first-order valence-electron chi connectivity index (χ1n) is 6.72. The molecule has 116 valence electrons. The van der Waals surface area contributed by atoms with Crippen molar-refractivity contribution < 1.29 is 13.9 Å². The Morgan fingerprint density at radius 3 is 2.52 bits per heavy atom. The van der Waals surface area contributed by atoms with Crippen molar-refractivity contribution in [1.29, 1.82) is 0 Å². The minimum atomic E-state index is -0.534. The Morgan fingerprint density at radius 2 is 1.83 bits per heavy atom. The maximum Gasteiger partial charge on any atom is 0.363 e. The zero-order chi connectivity index (χ0) is 16.4. The highest BCUT2D eigenvalue weighted by Gasteiger charge is 2.23. The first-order chi connectivity index (χ1) is 11.0. The van der Waals surface area contributed by atoms with E-state index in [1.54, 1.807) is 36.4 Å². The molecule has 0 bridgehead atoms. The van der Waals surface area contributed by atoms with E-state index in [0.29, 0.717) is 22.0 Å². The fraction of sp³-hybridized carbons (Fsp3) is 0.0588. The third kappa shape index (κ3) is 3.78. The van der Waals surface area contributed by atoms with E-state index in [-0.39, 0.29) is 17.4 Å². The Hall–Kier alpha value is -2.17. The molecule has 0 aliphatic carbocycles. The Morgan fingerprint density at radius 1 is 1.09 bits per heavy atom. The average Bonchev–Trinajstić information content (AvgIpc) is 2.85. The summed E-state index contributed by atoms with van der Waals surface area (Å²) in [5.41, 5.74) is 1.67. The molecule has 0 radical (unpaired) electrons. The Bertz CT molecular complexity index is 829. The van der Waals surface area contributed by atoms with Gasteiger partial charge in [-0.2, -0.15) is 0 Å². The second-order valence-electron chi connectivity index (χ2n) is 4.90. The van der Waals surface area contributed by atoms with Crippen LogP contribution in [0, 0.1) is 5.82 Å². The van der Waals surface area contributed by atoms with E-state index in [0.717, 1.165) is 5.56 Å². The molecule has 0 N–H and O–H groups in total. The van der Waals surface area contributed by atoms with Gasteiger partial charge in [-0.3, -0.25) is 0 Å². The van der Waals surface area contributed by atoms with Crippen LogP contribution in [0.4, 0.5) is 4.39 Å². The van der Waals surface area contributed by atoms with Crippen molar-refractivity contribution >= 4 is 41.1 Å². The number of carbonyl (C=O) groups excluding carboxylic acids is 1. The third-order valence-corrected chi connectivity index (χ3v) is 3.92. The molecule has 0 atom stereocenters. The molecule has 0 saturated heterocycles. The van der Waals surface area contributed by atoms with Crippen LogP contribution >= 0.6 is 23.2 Å². The van der Waals surface area contributed by atoms with Gasteiger partial charge in [0.2, 0.25) is 5.90 Å². The number of aliphatic imine (C=N–C) groups is 1. The molecule has 23 heavy (non-hydrogen) atoms. The van der Waals surface area contributed by atoms with Gasteiger partial charge >= 0.3 is 5.97 Å². The quantitative estimate of drug-likeness (QED) is 0.596. The molecule has 1 aliphatic heterocycles. The lowest BCUT2D eigenvalue weighted by Gasteiger charge is -1.99. The van der Waals surface area contributed by atoms with Crippen molar-refractivity contribution in [2.75, 3.05) is 0 Å². The van der Waals surface area contributed by atoms with Gasteiger partial charge in [0.1, 0.15) is 5.82 Å². The molecule has 0 saturated carbocycles. The number of hydrogen-bond acceptors (Lipinski definition) is 3. The summed E-state index contributed by atoms with van der Waals surface area (Å²) in [4.78, 5) is 16.0. The number of carbonyl (C=O) groups is 1. The summed E-state index contributed by atoms with van der Waals surface area (Å²) in [5, 5.41) is 0.825. The minimum Gasteiger partial charge on any atom is -0.406 e. The second kappa shape index (κ2) is 6.52. The molecule has 2 aromatic carbocycles. The monoisotopic (exact) mass is 349 g/mol. The van der Waals surface area contributed by atoms with E-state index in [1.807, 2.05) is 0 Å². The molecule has 1 aliphatic rings.